The largest absolute Gasteiger partial charge is 0.414 e. The molecule has 1 unspecified atom stereocenters. The summed E-state index contributed by atoms with van der Waals surface area (Å²) in [6.45, 7) is 1.90. The van der Waals surface area contributed by atoms with Gasteiger partial charge in [0.05, 0.1) is 0 Å². The van der Waals surface area contributed by atoms with Crippen LogP contribution in [-0.2, 0) is 0 Å². The maximum atomic E-state index is 13.3. The number of likely N-dealkylation sites (tertiary alicyclic amines) is 1. The summed E-state index contributed by atoms with van der Waals surface area (Å²) >= 11 is 0. The molecule has 1 aromatic rings. The molecule has 2 N–H and O–H groups in total. The Kier molecular flexibility index (Phi) is 5.13. The van der Waals surface area contributed by atoms with E-state index in [1.165, 1.54) is 17.0 Å². The summed E-state index contributed by atoms with van der Waals surface area (Å²) < 4.78 is 50.7. The van der Waals surface area contributed by atoms with Gasteiger partial charge in [-0.3, -0.25) is 0 Å². The van der Waals surface area contributed by atoms with Gasteiger partial charge in [0.2, 0.25) is 0 Å². The van der Waals surface area contributed by atoms with Crippen LogP contribution >= 0.6 is 0 Å². The van der Waals surface area contributed by atoms with E-state index in [1.54, 1.807) is 13.0 Å². The van der Waals surface area contributed by atoms with Crippen molar-refractivity contribution in [2.75, 3.05) is 18.4 Å². The number of aliphatic hydroxyl groups is 1. The molecule has 1 aromatic carbocycles. The van der Waals surface area contributed by atoms with Gasteiger partial charge in [-0.05, 0) is 49.4 Å². The van der Waals surface area contributed by atoms with E-state index in [-0.39, 0.29) is 25.9 Å². The molecule has 1 saturated heterocycles. The first-order valence-corrected chi connectivity index (χ1v) is 7.24. The van der Waals surface area contributed by atoms with E-state index >= 15 is 0 Å². The zero-order chi connectivity index (χ0) is 17.2. The number of aryl methyl sites for hydroxylation is 1. The van der Waals surface area contributed by atoms with Gasteiger partial charge >= 0.3 is 12.2 Å². The first-order chi connectivity index (χ1) is 10.7. The van der Waals surface area contributed by atoms with Crippen molar-refractivity contribution in [1.29, 1.82) is 0 Å². The molecule has 1 aliphatic rings. The number of nitrogens with zero attached hydrogens (tertiary/aromatic N) is 1. The zero-order valence-electron chi connectivity index (χ0n) is 12.5. The van der Waals surface area contributed by atoms with Gasteiger partial charge in [-0.25, -0.2) is 9.18 Å². The predicted octanol–water partition coefficient (Wildman–Crippen LogP) is 3.30. The number of alkyl halides is 3. The molecular weight excluding hydrogens is 316 g/mol. The van der Waals surface area contributed by atoms with Gasteiger partial charge < -0.3 is 15.3 Å². The first kappa shape index (κ1) is 17.5. The lowest BCUT2D eigenvalue weighted by atomic mass is 9.91. The third-order valence-electron chi connectivity index (χ3n) is 3.90. The molecule has 0 aromatic heterocycles. The standard InChI is InChI=1S/C15H18F4N2O2/c1-9-6-11(16)8-12(7-9)20-14(23)21-4-2-10(3-5-21)13(22)15(17,18)19/h6-8,10,13,22H,2-5H2,1H3,(H,20,23). The van der Waals surface area contributed by atoms with E-state index in [4.69, 9.17) is 0 Å². The molecule has 0 radical (unpaired) electrons. The molecule has 2 rings (SSSR count). The zero-order valence-corrected chi connectivity index (χ0v) is 12.5. The quantitative estimate of drug-likeness (QED) is 0.816. The van der Waals surface area contributed by atoms with Crippen LogP contribution in [0, 0.1) is 18.7 Å². The fourth-order valence-corrected chi connectivity index (χ4v) is 2.70. The molecule has 0 bridgehead atoms. The van der Waals surface area contributed by atoms with Crippen molar-refractivity contribution in [2.24, 2.45) is 5.92 Å². The number of carbonyl (C=O) groups excluding carboxylic acids is 1. The maximum absolute atomic E-state index is 13.3. The van der Waals surface area contributed by atoms with Crippen LogP contribution in [0.5, 0.6) is 0 Å². The average molecular weight is 334 g/mol. The van der Waals surface area contributed by atoms with E-state index < -0.39 is 30.0 Å². The van der Waals surface area contributed by atoms with E-state index in [1.807, 2.05) is 0 Å². The summed E-state index contributed by atoms with van der Waals surface area (Å²) in [6, 6.07) is 3.60. The van der Waals surface area contributed by atoms with Crippen LogP contribution < -0.4 is 5.32 Å². The molecule has 1 fully saturated rings. The molecule has 1 aliphatic heterocycles. The molecule has 23 heavy (non-hydrogen) atoms. The third kappa shape index (κ3) is 4.57. The Labute approximate surface area is 131 Å². The van der Waals surface area contributed by atoms with Gasteiger partial charge in [0.25, 0.3) is 0 Å². The number of rotatable bonds is 2. The number of carbonyl (C=O) groups is 1. The number of piperidine rings is 1. The molecule has 2 amide bonds. The van der Waals surface area contributed by atoms with E-state index in [2.05, 4.69) is 5.32 Å². The van der Waals surface area contributed by atoms with E-state index in [0.29, 0.717) is 11.3 Å². The number of hydrogen-bond acceptors (Lipinski definition) is 2. The van der Waals surface area contributed by atoms with Crippen molar-refractivity contribution < 1.29 is 27.5 Å². The summed E-state index contributed by atoms with van der Waals surface area (Å²) in [4.78, 5) is 13.4. The second kappa shape index (κ2) is 6.74. The number of anilines is 1. The Bertz CT molecular complexity index is 549. The van der Waals surface area contributed by atoms with Crippen molar-refractivity contribution in [3.05, 3.63) is 29.6 Å². The summed E-state index contributed by atoms with van der Waals surface area (Å²) in [5.41, 5.74) is 0.942. The van der Waals surface area contributed by atoms with Crippen molar-refractivity contribution in [1.82, 2.24) is 4.90 Å². The SMILES string of the molecule is Cc1cc(F)cc(NC(=O)N2CCC(C(O)C(F)(F)F)CC2)c1. The first-order valence-electron chi connectivity index (χ1n) is 7.24. The Morgan fingerprint density at radius 2 is 1.91 bits per heavy atom. The third-order valence-corrected chi connectivity index (χ3v) is 3.90. The summed E-state index contributed by atoms with van der Waals surface area (Å²) in [5, 5.41) is 11.8. The van der Waals surface area contributed by atoms with Crippen LogP contribution in [-0.4, -0.2) is 41.4 Å². The minimum Gasteiger partial charge on any atom is -0.383 e. The number of amides is 2. The second-order valence-electron chi connectivity index (χ2n) is 5.76. The molecule has 0 aliphatic carbocycles. The molecule has 1 atom stereocenters. The van der Waals surface area contributed by atoms with Crippen molar-refractivity contribution in [3.8, 4) is 0 Å². The van der Waals surface area contributed by atoms with Gasteiger partial charge in [0.15, 0.2) is 6.10 Å². The predicted molar refractivity (Wildman–Crippen MR) is 76.5 cm³/mol. The van der Waals surface area contributed by atoms with Crippen LogP contribution in [0.2, 0.25) is 0 Å². The van der Waals surface area contributed by atoms with Crippen LogP contribution in [0.4, 0.5) is 28.0 Å². The minimum absolute atomic E-state index is 0.0657. The Hall–Kier alpha value is -1.83. The molecule has 0 spiro atoms. The summed E-state index contributed by atoms with van der Waals surface area (Å²) in [7, 11) is 0. The fraction of sp³-hybridized carbons (Fsp3) is 0.533. The summed E-state index contributed by atoms with van der Waals surface area (Å²) in [5.74, 6) is -1.39. The van der Waals surface area contributed by atoms with E-state index in [9.17, 15) is 27.5 Å². The van der Waals surface area contributed by atoms with Gasteiger partial charge in [-0.15, -0.1) is 0 Å². The van der Waals surface area contributed by atoms with Gasteiger partial charge in [0.1, 0.15) is 5.82 Å². The normalized spacial score (nSPS) is 17.9. The molecule has 128 valence electrons. The Morgan fingerprint density at radius 1 is 1.30 bits per heavy atom. The lowest BCUT2D eigenvalue weighted by Crippen LogP contribution is -2.46. The van der Waals surface area contributed by atoms with Gasteiger partial charge in [-0.2, -0.15) is 13.2 Å². The summed E-state index contributed by atoms with van der Waals surface area (Å²) in [6.07, 6.45) is -6.88. The molecule has 0 saturated carbocycles. The van der Waals surface area contributed by atoms with E-state index in [0.717, 1.165) is 0 Å². The van der Waals surface area contributed by atoms with Crippen molar-refractivity contribution in [3.63, 3.8) is 0 Å². The molecular formula is C15H18F4N2O2. The second-order valence-corrected chi connectivity index (χ2v) is 5.76. The number of halogens is 4. The number of urea groups is 1. The van der Waals surface area contributed by atoms with Crippen LogP contribution in [0.1, 0.15) is 18.4 Å². The van der Waals surface area contributed by atoms with Crippen molar-refractivity contribution >= 4 is 11.7 Å². The average Bonchev–Trinajstić information content (AvgIpc) is 2.44. The molecule has 1 heterocycles. The van der Waals surface area contributed by atoms with Crippen LogP contribution in [0.25, 0.3) is 0 Å². The number of nitrogens with one attached hydrogen (secondary N) is 1. The minimum atomic E-state index is -4.64. The van der Waals surface area contributed by atoms with Gasteiger partial charge in [0, 0.05) is 18.8 Å². The highest BCUT2D eigenvalue weighted by Gasteiger charge is 2.44. The topological polar surface area (TPSA) is 52.6 Å². The van der Waals surface area contributed by atoms with Crippen LogP contribution in [0.15, 0.2) is 18.2 Å². The highest BCUT2D eigenvalue weighted by Crippen LogP contribution is 2.31. The Morgan fingerprint density at radius 3 is 2.43 bits per heavy atom. The van der Waals surface area contributed by atoms with Gasteiger partial charge in [-0.1, -0.05) is 0 Å². The highest BCUT2D eigenvalue weighted by atomic mass is 19.4. The molecule has 8 heteroatoms. The number of hydrogen-bond donors (Lipinski definition) is 2. The number of aliphatic hydroxyl groups excluding tert-OH is 1. The highest BCUT2D eigenvalue weighted by molar-refractivity contribution is 5.89. The van der Waals surface area contributed by atoms with Crippen LogP contribution in [0.3, 0.4) is 0 Å². The molecule has 4 nitrogen and oxygen atoms in total. The Balaban J connectivity index is 1.91. The maximum Gasteiger partial charge on any atom is 0.414 e. The fourth-order valence-electron chi connectivity index (χ4n) is 2.70. The number of benzene rings is 1. The lowest BCUT2D eigenvalue weighted by molar-refractivity contribution is -0.222. The monoisotopic (exact) mass is 334 g/mol. The van der Waals surface area contributed by atoms with Crippen molar-refractivity contribution in [2.45, 2.75) is 32.0 Å². The lowest BCUT2D eigenvalue weighted by Gasteiger charge is -2.34. The smallest absolute Gasteiger partial charge is 0.383 e.